The van der Waals surface area contributed by atoms with E-state index in [1.165, 1.54) is 0 Å². The van der Waals surface area contributed by atoms with Crippen molar-refractivity contribution in [2.24, 2.45) is 5.41 Å². The molecule has 1 aromatic carbocycles. The molecular weight excluding hydrogens is 438 g/mol. The number of fused-ring (bicyclic) bond motifs is 1. The number of carbonyl (C=O) groups excluding carboxylic acids is 1. The molecule has 180 valence electrons. The van der Waals surface area contributed by atoms with Gasteiger partial charge in [-0.25, -0.2) is 14.6 Å². The third kappa shape index (κ3) is 3.96. The van der Waals surface area contributed by atoms with Crippen molar-refractivity contribution >= 4 is 22.8 Å². The number of amides is 1. The summed E-state index contributed by atoms with van der Waals surface area (Å²) in [7, 11) is 0. The van der Waals surface area contributed by atoms with Gasteiger partial charge in [-0.2, -0.15) is 5.10 Å². The summed E-state index contributed by atoms with van der Waals surface area (Å²) >= 11 is 0. The lowest BCUT2D eigenvalue weighted by Gasteiger charge is -2.46. The molecule has 0 saturated carbocycles. The van der Waals surface area contributed by atoms with E-state index in [9.17, 15) is 4.79 Å². The highest BCUT2D eigenvalue weighted by atomic mass is 16.2. The summed E-state index contributed by atoms with van der Waals surface area (Å²) in [5.74, 6) is 1.10. The fraction of sp³-hybridized carbons (Fsp3) is 0.407. The zero-order chi connectivity index (χ0) is 24.0. The molecule has 8 heteroatoms. The summed E-state index contributed by atoms with van der Waals surface area (Å²) in [6.45, 7) is 7.11. The highest BCUT2D eigenvalue weighted by molar-refractivity contribution is 5.87. The van der Waals surface area contributed by atoms with Crippen LogP contribution in [0.2, 0.25) is 0 Å². The number of hydrogen-bond acceptors (Lipinski definition) is 5. The number of benzene rings is 1. The smallest absolute Gasteiger partial charge is 0.229 e. The average Bonchev–Trinajstić information content (AvgIpc) is 3.52. The van der Waals surface area contributed by atoms with Gasteiger partial charge in [0.1, 0.15) is 0 Å². The molecule has 3 aromatic heterocycles. The zero-order valence-corrected chi connectivity index (χ0v) is 20.4. The summed E-state index contributed by atoms with van der Waals surface area (Å²) in [5.41, 5.74) is 4.97. The first-order valence-electron chi connectivity index (χ1n) is 12.5. The monoisotopic (exact) mass is 469 g/mol. The summed E-state index contributed by atoms with van der Waals surface area (Å²) in [5, 5.41) is 5.50. The molecule has 2 aliphatic heterocycles. The van der Waals surface area contributed by atoms with E-state index in [-0.39, 0.29) is 5.41 Å². The Balaban J connectivity index is 1.20. The maximum atomic E-state index is 13.8. The third-order valence-electron chi connectivity index (χ3n) is 7.68. The van der Waals surface area contributed by atoms with Gasteiger partial charge in [0.15, 0.2) is 0 Å². The Bertz CT molecular complexity index is 1350. The summed E-state index contributed by atoms with van der Waals surface area (Å²) in [4.78, 5) is 30.8. The lowest BCUT2D eigenvalue weighted by atomic mass is 9.71. The van der Waals surface area contributed by atoms with Gasteiger partial charge in [0.25, 0.3) is 0 Å². The van der Waals surface area contributed by atoms with Crippen LogP contribution in [-0.4, -0.2) is 55.2 Å². The molecule has 0 atom stereocenters. The summed E-state index contributed by atoms with van der Waals surface area (Å²) in [6.07, 6.45) is 9.51. The molecule has 0 unspecified atom stereocenters. The first-order chi connectivity index (χ1) is 17.0. The Kier molecular flexibility index (Phi) is 5.31. The quantitative estimate of drug-likeness (QED) is 0.485. The fourth-order valence-electron chi connectivity index (χ4n) is 5.82. The van der Waals surface area contributed by atoms with Crippen molar-refractivity contribution in [3.05, 3.63) is 65.9 Å². The molecular formula is C27H31N7O. The van der Waals surface area contributed by atoms with E-state index in [4.69, 9.17) is 0 Å². The van der Waals surface area contributed by atoms with Gasteiger partial charge in [-0.15, -0.1) is 0 Å². The lowest BCUT2D eigenvalue weighted by Crippen LogP contribution is -2.53. The van der Waals surface area contributed by atoms with Crippen LogP contribution < -0.4 is 4.90 Å². The SMILES string of the molecule is Cc1cc(C)nc(N2CCC3(CCCN(Cc4c[nH]c5ccc(-n6cccn6)cc45)C3=O)CC2)n1. The number of aromatic nitrogens is 5. The molecule has 1 amide bonds. The average molecular weight is 470 g/mol. The van der Waals surface area contributed by atoms with Crippen molar-refractivity contribution in [1.29, 1.82) is 0 Å². The molecule has 6 rings (SSSR count). The maximum absolute atomic E-state index is 13.8. The van der Waals surface area contributed by atoms with Gasteiger partial charge < -0.3 is 14.8 Å². The fourth-order valence-corrected chi connectivity index (χ4v) is 5.82. The highest BCUT2D eigenvalue weighted by Gasteiger charge is 2.46. The first-order valence-corrected chi connectivity index (χ1v) is 12.5. The number of aryl methyl sites for hydroxylation is 2. The van der Waals surface area contributed by atoms with Crippen molar-refractivity contribution in [3.8, 4) is 5.69 Å². The predicted molar refractivity (Wildman–Crippen MR) is 135 cm³/mol. The molecule has 4 aromatic rings. The highest BCUT2D eigenvalue weighted by Crippen LogP contribution is 2.42. The van der Waals surface area contributed by atoms with Crippen molar-refractivity contribution < 1.29 is 4.79 Å². The van der Waals surface area contributed by atoms with Crippen LogP contribution in [0.1, 0.15) is 42.6 Å². The van der Waals surface area contributed by atoms with Crippen LogP contribution in [0.25, 0.3) is 16.6 Å². The Morgan fingerprint density at radius 2 is 1.83 bits per heavy atom. The molecule has 35 heavy (non-hydrogen) atoms. The Hall–Kier alpha value is -3.68. The molecule has 8 nitrogen and oxygen atoms in total. The van der Waals surface area contributed by atoms with Crippen molar-refractivity contribution in [2.45, 2.75) is 46.1 Å². The normalized spacial score (nSPS) is 18.1. The number of hydrogen-bond donors (Lipinski definition) is 1. The van der Waals surface area contributed by atoms with Crippen LogP contribution in [-0.2, 0) is 11.3 Å². The van der Waals surface area contributed by atoms with Crippen molar-refractivity contribution in [2.75, 3.05) is 24.5 Å². The number of aromatic amines is 1. The largest absolute Gasteiger partial charge is 0.361 e. The van der Waals surface area contributed by atoms with Gasteiger partial charge in [0.05, 0.1) is 11.1 Å². The van der Waals surface area contributed by atoms with Crippen molar-refractivity contribution in [3.63, 3.8) is 0 Å². The maximum Gasteiger partial charge on any atom is 0.229 e. The van der Waals surface area contributed by atoms with Crippen LogP contribution >= 0.6 is 0 Å². The minimum absolute atomic E-state index is 0.264. The number of carbonyl (C=O) groups is 1. The standard InChI is InChI=1S/C27H31N7O/c1-19-15-20(2)31-26(30-19)32-13-8-27(9-14-32)7-3-11-33(25(27)35)18-21-17-28-24-6-5-22(16-23(21)24)34-12-4-10-29-34/h4-6,10,12,15-17,28H,3,7-9,11,13-14,18H2,1-2H3. The Morgan fingerprint density at radius 3 is 2.57 bits per heavy atom. The first kappa shape index (κ1) is 21.8. The lowest BCUT2D eigenvalue weighted by molar-refractivity contribution is -0.148. The topological polar surface area (TPSA) is 82.9 Å². The van der Waals surface area contributed by atoms with Gasteiger partial charge in [-0.3, -0.25) is 4.79 Å². The van der Waals surface area contributed by atoms with Gasteiger partial charge in [0.2, 0.25) is 11.9 Å². The summed E-state index contributed by atoms with van der Waals surface area (Å²) in [6, 6.07) is 10.2. The van der Waals surface area contributed by atoms with Gasteiger partial charge >= 0.3 is 0 Å². The second-order valence-corrected chi connectivity index (χ2v) is 10.0. The molecule has 0 bridgehead atoms. The molecule has 2 aliphatic rings. The third-order valence-corrected chi connectivity index (χ3v) is 7.68. The van der Waals surface area contributed by atoms with E-state index >= 15 is 0 Å². The minimum atomic E-state index is -0.264. The molecule has 2 fully saturated rings. The molecule has 1 spiro atoms. The van der Waals surface area contributed by atoms with Crippen LogP contribution in [0.5, 0.6) is 0 Å². The second-order valence-electron chi connectivity index (χ2n) is 10.0. The number of nitrogens with one attached hydrogen (secondary N) is 1. The minimum Gasteiger partial charge on any atom is -0.361 e. The number of nitrogens with zero attached hydrogens (tertiary/aromatic N) is 6. The predicted octanol–water partition coefficient (Wildman–Crippen LogP) is 4.17. The zero-order valence-electron chi connectivity index (χ0n) is 20.4. The number of rotatable bonds is 4. The van der Waals surface area contributed by atoms with E-state index in [1.54, 1.807) is 6.20 Å². The van der Waals surface area contributed by atoms with Gasteiger partial charge in [-0.1, -0.05) is 0 Å². The molecule has 2 saturated heterocycles. The van der Waals surface area contributed by atoms with Crippen LogP contribution in [0.3, 0.4) is 0 Å². The number of anilines is 1. The van der Waals surface area contributed by atoms with Gasteiger partial charge in [0, 0.05) is 67.1 Å². The van der Waals surface area contributed by atoms with Crippen molar-refractivity contribution in [1.82, 2.24) is 29.6 Å². The van der Waals surface area contributed by atoms with Crippen LogP contribution in [0, 0.1) is 19.3 Å². The van der Waals surface area contributed by atoms with Gasteiger partial charge in [-0.05, 0) is 75.4 Å². The molecule has 5 heterocycles. The Labute approximate surface area is 205 Å². The number of piperidine rings is 2. The second kappa shape index (κ2) is 8.52. The van der Waals surface area contributed by atoms with Crippen LogP contribution in [0.4, 0.5) is 5.95 Å². The molecule has 0 radical (unpaired) electrons. The van der Waals surface area contributed by atoms with E-state index in [1.807, 2.05) is 43.1 Å². The molecule has 1 N–H and O–H groups in total. The van der Waals surface area contributed by atoms with E-state index in [0.717, 1.165) is 84.8 Å². The number of likely N-dealkylation sites (tertiary alicyclic amines) is 1. The Morgan fingerprint density at radius 1 is 1.03 bits per heavy atom. The number of H-pyrrole nitrogens is 1. The van der Waals surface area contributed by atoms with E-state index in [0.29, 0.717) is 12.5 Å². The van der Waals surface area contributed by atoms with E-state index < -0.39 is 0 Å². The van der Waals surface area contributed by atoms with E-state index in [2.05, 4.69) is 48.0 Å². The molecule has 0 aliphatic carbocycles. The van der Waals surface area contributed by atoms with Crippen LogP contribution in [0.15, 0.2) is 48.9 Å². The summed E-state index contributed by atoms with van der Waals surface area (Å²) < 4.78 is 1.87.